The highest BCUT2D eigenvalue weighted by molar-refractivity contribution is 5.99. The van der Waals surface area contributed by atoms with Crippen LogP contribution < -0.4 is 10.2 Å². The molecular weight excluding hydrogens is 272 g/mol. The first-order valence-corrected chi connectivity index (χ1v) is 6.78. The van der Waals surface area contributed by atoms with Crippen molar-refractivity contribution in [2.24, 2.45) is 5.10 Å². The zero-order chi connectivity index (χ0) is 15.3. The number of carbonyl (C=O) groups is 1. The fourth-order valence-corrected chi connectivity index (χ4v) is 2.05. The molecule has 1 aromatic rings. The van der Waals surface area contributed by atoms with Gasteiger partial charge in [0.15, 0.2) is 5.79 Å². The van der Waals surface area contributed by atoms with E-state index in [1.165, 1.54) is 0 Å². The Bertz CT molecular complexity index is 536. The third-order valence-electron chi connectivity index (χ3n) is 3.22. The number of hydrogen-bond acceptors (Lipinski definition) is 5. The number of rotatable bonds is 5. The van der Waals surface area contributed by atoms with Crippen molar-refractivity contribution in [2.45, 2.75) is 26.1 Å². The largest absolute Gasteiger partial charge is 0.497 e. The van der Waals surface area contributed by atoms with E-state index in [2.05, 4.69) is 10.5 Å². The Balaban J connectivity index is 1.94. The number of carbonyl (C=O) groups excluding carboxylic acids is 1. The van der Waals surface area contributed by atoms with Gasteiger partial charge in [0.2, 0.25) is 5.91 Å². The molecule has 0 spiro atoms. The Kier molecular flexibility index (Phi) is 4.93. The number of nitrogens with one attached hydrogen (secondary N) is 1. The molecule has 2 rings (SSSR count). The summed E-state index contributed by atoms with van der Waals surface area (Å²) in [5.74, 6) is -0.348. The highest BCUT2D eigenvalue weighted by atomic mass is 16.7. The van der Waals surface area contributed by atoms with Crippen LogP contribution in [0.4, 0.5) is 0 Å². The van der Waals surface area contributed by atoms with Gasteiger partial charge in [-0.25, -0.2) is 5.43 Å². The zero-order valence-electron chi connectivity index (χ0n) is 12.5. The van der Waals surface area contributed by atoms with Crippen LogP contribution in [0.5, 0.6) is 5.75 Å². The van der Waals surface area contributed by atoms with Crippen LogP contribution in [0.3, 0.4) is 0 Å². The fraction of sp³-hybridized carbons (Fsp3) is 0.467. The second kappa shape index (κ2) is 6.69. The Morgan fingerprint density at radius 2 is 2.14 bits per heavy atom. The van der Waals surface area contributed by atoms with Crippen LogP contribution in [0, 0.1) is 0 Å². The van der Waals surface area contributed by atoms with E-state index in [0.29, 0.717) is 18.9 Å². The molecule has 6 nitrogen and oxygen atoms in total. The standard InChI is InChI=1S/C15H20N2O4/c1-11(12-5-4-6-13(9-12)19-3)16-17-14(18)10-15(2)20-7-8-21-15/h4-6,9H,7-8,10H2,1-3H3,(H,17,18). The van der Waals surface area contributed by atoms with Gasteiger partial charge >= 0.3 is 0 Å². The van der Waals surface area contributed by atoms with Gasteiger partial charge in [0.05, 0.1) is 32.5 Å². The van der Waals surface area contributed by atoms with Crippen LogP contribution >= 0.6 is 0 Å². The lowest BCUT2D eigenvalue weighted by Gasteiger charge is -2.20. The van der Waals surface area contributed by atoms with Gasteiger partial charge in [-0.15, -0.1) is 0 Å². The Hall–Kier alpha value is -1.92. The van der Waals surface area contributed by atoms with E-state index >= 15 is 0 Å². The van der Waals surface area contributed by atoms with Gasteiger partial charge in [-0.3, -0.25) is 4.79 Å². The van der Waals surface area contributed by atoms with Crippen LogP contribution in [-0.2, 0) is 14.3 Å². The molecule has 1 amide bonds. The first kappa shape index (κ1) is 15.5. The second-order valence-corrected chi connectivity index (χ2v) is 4.97. The lowest BCUT2D eigenvalue weighted by molar-refractivity contribution is -0.159. The van der Waals surface area contributed by atoms with Crippen LogP contribution in [0.2, 0.25) is 0 Å². The lowest BCUT2D eigenvalue weighted by atomic mass is 10.1. The number of hydrogen-bond donors (Lipinski definition) is 1. The van der Waals surface area contributed by atoms with Crippen molar-refractivity contribution in [3.05, 3.63) is 29.8 Å². The molecular formula is C15H20N2O4. The second-order valence-electron chi connectivity index (χ2n) is 4.97. The maximum atomic E-state index is 11.9. The van der Waals surface area contributed by atoms with Crippen molar-refractivity contribution in [1.29, 1.82) is 0 Å². The van der Waals surface area contributed by atoms with Gasteiger partial charge in [0, 0.05) is 5.56 Å². The first-order chi connectivity index (χ1) is 10.0. The van der Waals surface area contributed by atoms with Crippen molar-refractivity contribution < 1.29 is 19.0 Å². The molecule has 1 aliphatic heterocycles. The average Bonchev–Trinajstić information content (AvgIpc) is 2.91. The van der Waals surface area contributed by atoms with E-state index in [4.69, 9.17) is 14.2 Å². The van der Waals surface area contributed by atoms with Crippen LogP contribution in [0.25, 0.3) is 0 Å². The van der Waals surface area contributed by atoms with Crippen molar-refractivity contribution in [2.75, 3.05) is 20.3 Å². The summed E-state index contributed by atoms with van der Waals surface area (Å²) in [5, 5.41) is 4.09. The maximum Gasteiger partial charge on any atom is 0.245 e. The molecule has 0 unspecified atom stereocenters. The average molecular weight is 292 g/mol. The quantitative estimate of drug-likeness (QED) is 0.662. The molecule has 0 saturated carbocycles. The Morgan fingerprint density at radius 3 is 2.81 bits per heavy atom. The predicted molar refractivity (Wildman–Crippen MR) is 78.3 cm³/mol. The summed E-state index contributed by atoms with van der Waals surface area (Å²) in [6, 6.07) is 7.48. The minimum absolute atomic E-state index is 0.113. The van der Waals surface area contributed by atoms with Crippen molar-refractivity contribution in [3.63, 3.8) is 0 Å². The molecule has 1 aliphatic rings. The molecule has 0 bridgehead atoms. The van der Waals surface area contributed by atoms with E-state index in [9.17, 15) is 4.79 Å². The van der Waals surface area contributed by atoms with Crippen LogP contribution in [0.15, 0.2) is 29.4 Å². The maximum absolute atomic E-state index is 11.9. The summed E-state index contributed by atoms with van der Waals surface area (Å²) in [6.45, 7) is 4.59. The molecule has 1 N–H and O–H groups in total. The minimum atomic E-state index is -0.844. The molecule has 0 aromatic heterocycles. The van der Waals surface area contributed by atoms with E-state index in [-0.39, 0.29) is 12.3 Å². The predicted octanol–water partition coefficient (Wildman–Crippen LogP) is 1.69. The number of amides is 1. The third kappa shape index (κ3) is 4.27. The summed E-state index contributed by atoms with van der Waals surface area (Å²) in [7, 11) is 1.61. The molecule has 1 heterocycles. The number of hydrazone groups is 1. The van der Waals surface area contributed by atoms with Crippen molar-refractivity contribution in [1.82, 2.24) is 5.43 Å². The van der Waals surface area contributed by atoms with E-state index in [0.717, 1.165) is 11.3 Å². The van der Waals surface area contributed by atoms with Crippen LogP contribution in [-0.4, -0.2) is 37.7 Å². The summed E-state index contributed by atoms with van der Waals surface area (Å²) >= 11 is 0. The third-order valence-corrected chi connectivity index (χ3v) is 3.22. The molecule has 114 valence electrons. The SMILES string of the molecule is COc1cccc(C(C)=NNC(=O)CC2(C)OCCO2)c1. The number of methoxy groups -OCH3 is 1. The molecule has 0 aliphatic carbocycles. The molecule has 0 atom stereocenters. The summed E-state index contributed by atoms with van der Waals surface area (Å²) < 4.78 is 15.9. The monoisotopic (exact) mass is 292 g/mol. The molecule has 21 heavy (non-hydrogen) atoms. The van der Waals surface area contributed by atoms with Gasteiger partial charge in [0.1, 0.15) is 5.75 Å². The Labute approximate surface area is 124 Å². The number of ether oxygens (including phenoxy) is 3. The smallest absolute Gasteiger partial charge is 0.245 e. The topological polar surface area (TPSA) is 69.2 Å². The summed E-state index contributed by atoms with van der Waals surface area (Å²) in [6.07, 6.45) is 0.113. The Morgan fingerprint density at radius 1 is 1.43 bits per heavy atom. The van der Waals surface area contributed by atoms with E-state index in [1.54, 1.807) is 14.0 Å². The van der Waals surface area contributed by atoms with Gasteiger partial charge in [-0.05, 0) is 26.0 Å². The van der Waals surface area contributed by atoms with Gasteiger partial charge in [-0.1, -0.05) is 12.1 Å². The van der Waals surface area contributed by atoms with E-state index < -0.39 is 5.79 Å². The lowest BCUT2D eigenvalue weighted by Crippen LogP contribution is -2.33. The van der Waals surface area contributed by atoms with Crippen molar-refractivity contribution >= 4 is 11.6 Å². The molecule has 1 fully saturated rings. The van der Waals surface area contributed by atoms with Gasteiger partial charge in [-0.2, -0.15) is 5.10 Å². The minimum Gasteiger partial charge on any atom is -0.497 e. The van der Waals surface area contributed by atoms with E-state index in [1.807, 2.05) is 31.2 Å². The van der Waals surface area contributed by atoms with Gasteiger partial charge in [0.25, 0.3) is 0 Å². The molecule has 1 aromatic carbocycles. The number of benzene rings is 1. The van der Waals surface area contributed by atoms with Crippen molar-refractivity contribution in [3.8, 4) is 5.75 Å². The molecule has 0 radical (unpaired) electrons. The zero-order valence-corrected chi connectivity index (χ0v) is 12.5. The first-order valence-electron chi connectivity index (χ1n) is 6.78. The highest BCUT2D eigenvalue weighted by Gasteiger charge is 2.33. The normalized spacial score (nSPS) is 17.6. The van der Waals surface area contributed by atoms with Crippen LogP contribution in [0.1, 0.15) is 25.8 Å². The molecule has 1 saturated heterocycles. The fourth-order valence-electron chi connectivity index (χ4n) is 2.05. The molecule has 6 heteroatoms. The summed E-state index contributed by atoms with van der Waals surface area (Å²) in [4.78, 5) is 11.9. The highest BCUT2D eigenvalue weighted by Crippen LogP contribution is 2.22. The summed E-state index contributed by atoms with van der Waals surface area (Å²) in [5.41, 5.74) is 4.10. The van der Waals surface area contributed by atoms with Gasteiger partial charge < -0.3 is 14.2 Å². The number of nitrogens with zero attached hydrogens (tertiary/aromatic N) is 1.